The third-order valence-corrected chi connectivity index (χ3v) is 5.76. The maximum atomic E-state index is 13.2. The van der Waals surface area contributed by atoms with Crippen LogP contribution in [-0.2, 0) is 19.3 Å². The molecule has 0 saturated heterocycles. The molecule has 1 aliphatic rings. The highest BCUT2D eigenvalue weighted by Gasteiger charge is 2.33. The SMILES string of the molecule is CCCCCCn1c(=O)nc(Nc2cccc(C(F)(F)F)c2)n(CC2C=CC(C(F)(F)F)=CC2)c1=O. The topological polar surface area (TPSA) is 68.9 Å². The second-order valence-corrected chi connectivity index (χ2v) is 8.54. The molecule has 0 spiro atoms. The van der Waals surface area contributed by atoms with Crippen LogP contribution in [0.4, 0.5) is 38.0 Å². The molecule has 0 radical (unpaired) electrons. The molecule has 1 N–H and O–H groups in total. The molecule has 1 aromatic carbocycles. The van der Waals surface area contributed by atoms with Crippen LogP contribution in [0.3, 0.4) is 0 Å². The Morgan fingerprint density at radius 2 is 1.78 bits per heavy atom. The van der Waals surface area contributed by atoms with Gasteiger partial charge >= 0.3 is 23.7 Å². The molecular formula is C24H26F6N4O2. The van der Waals surface area contributed by atoms with E-state index < -0.39 is 40.8 Å². The fourth-order valence-electron chi connectivity index (χ4n) is 3.82. The van der Waals surface area contributed by atoms with Crippen molar-refractivity contribution in [3.8, 4) is 0 Å². The molecule has 1 aliphatic carbocycles. The number of anilines is 2. The van der Waals surface area contributed by atoms with E-state index in [9.17, 15) is 35.9 Å². The number of aromatic nitrogens is 3. The number of nitrogens with zero attached hydrogens (tertiary/aromatic N) is 3. The summed E-state index contributed by atoms with van der Waals surface area (Å²) in [6.45, 7) is 1.99. The molecule has 0 aliphatic heterocycles. The summed E-state index contributed by atoms with van der Waals surface area (Å²) in [5.41, 5.74) is -3.39. The molecule has 0 fully saturated rings. The monoisotopic (exact) mass is 516 g/mol. The van der Waals surface area contributed by atoms with E-state index in [0.717, 1.165) is 58.7 Å². The van der Waals surface area contributed by atoms with Crippen LogP contribution < -0.4 is 16.7 Å². The number of hydrogen-bond acceptors (Lipinski definition) is 4. The van der Waals surface area contributed by atoms with Gasteiger partial charge in [0.05, 0.1) is 11.1 Å². The molecule has 1 unspecified atom stereocenters. The van der Waals surface area contributed by atoms with E-state index in [2.05, 4.69) is 10.3 Å². The first kappa shape index (κ1) is 27.3. The fraction of sp³-hybridized carbons (Fsp3) is 0.458. The lowest BCUT2D eigenvalue weighted by Gasteiger charge is -2.21. The van der Waals surface area contributed by atoms with Crippen molar-refractivity contribution in [1.29, 1.82) is 0 Å². The van der Waals surface area contributed by atoms with Gasteiger partial charge in [-0.05, 0) is 37.0 Å². The maximum Gasteiger partial charge on any atom is 0.416 e. The van der Waals surface area contributed by atoms with Crippen molar-refractivity contribution >= 4 is 11.6 Å². The first-order chi connectivity index (χ1) is 16.9. The van der Waals surface area contributed by atoms with Gasteiger partial charge in [-0.2, -0.15) is 31.3 Å². The van der Waals surface area contributed by atoms with Gasteiger partial charge < -0.3 is 5.32 Å². The summed E-state index contributed by atoms with van der Waals surface area (Å²) in [4.78, 5) is 29.7. The standard InChI is InChI=1S/C24H26F6N4O2/c1-2-3-4-5-13-33-21(35)32-20(31-19-8-6-7-18(14-19)24(28,29)30)34(22(33)36)15-16-9-11-17(12-10-16)23(25,26)27/h6-9,11-12,14,16H,2-5,10,13,15H2,1H3,(H,31,32,35). The normalized spacial score (nSPS) is 16.2. The number of nitrogens with one attached hydrogen (secondary N) is 1. The van der Waals surface area contributed by atoms with Crippen LogP contribution >= 0.6 is 0 Å². The van der Waals surface area contributed by atoms with E-state index in [1.807, 2.05) is 6.92 Å². The average molecular weight is 516 g/mol. The lowest BCUT2D eigenvalue weighted by molar-refractivity contribution is -0.137. The molecule has 12 heteroatoms. The van der Waals surface area contributed by atoms with Crippen LogP contribution in [0.1, 0.15) is 44.6 Å². The molecule has 196 valence electrons. The first-order valence-corrected chi connectivity index (χ1v) is 11.5. The van der Waals surface area contributed by atoms with Crippen LogP contribution in [0, 0.1) is 5.92 Å². The Morgan fingerprint density at radius 1 is 1.03 bits per heavy atom. The molecule has 1 aromatic heterocycles. The van der Waals surface area contributed by atoms with E-state index in [-0.39, 0.29) is 31.1 Å². The number of hydrogen-bond donors (Lipinski definition) is 1. The highest BCUT2D eigenvalue weighted by Crippen LogP contribution is 2.32. The zero-order chi connectivity index (χ0) is 26.5. The maximum absolute atomic E-state index is 13.2. The molecule has 0 amide bonds. The zero-order valence-corrected chi connectivity index (χ0v) is 19.5. The number of allylic oxidation sites excluding steroid dienone is 4. The highest BCUT2D eigenvalue weighted by molar-refractivity contribution is 5.54. The van der Waals surface area contributed by atoms with Crippen molar-refractivity contribution in [1.82, 2.24) is 14.1 Å². The molecule has 6 nitrogen and oxygen atoms in total. The summed E-state index contributed by atoms with van der Waals surface area (Å²) in [6, 6.07) is 4.17. The van der Waals surface area contributed by atoms with Crippen molar-refractivity contribution in [2.24, 2.45) is 5.92 Å². The molecule has 0 bridgehead atoms. The molecule has 3 rings (SSSR count). The van der Waals surface area contributed by atoms with Gasteiger partial charge in [0.15, 0.2) is 0 Å². The summed E-state index contributed by atoms with van der Waals surface area (Å²) in [5.74, 6) is -0.808. The molecule has 1 atom stereocenters. The Bertz CT molecular complexity index is 1240. The van der Waals surface area contributed by atoms with Crippen molar-refractivity contribution in [2.45, 2.75) is 64.5 Å². The number of halogens is 6. The minimum atomic E-state index is -4.61. The van der Waals surface area contributed by atoms with Crippen LogP contribution in [0.15, 0.2) is 57.7 Å². The Balaban J connectivity index is 1.96. The predicted octanol–water partition coefficient (Wildman–Crippen LogP) is 5.81. The minimum Gasteiger partial charge on any atom is -0.325 e. The zero-order valence-electron chi connectivity index (χ0n) is 19.5. The summed E-state index contributed by atoms with van der Waals surface area (Å²) in [6.07, 6.45) is -2.68. The fourth-order valence-corrected chi connectivity index (χ4v) is 3.82. The van der Waals surface area contributed by atoms with Gasteiger partial charge in [-0.3, -0.25) is 4.57 Å². The summed E-state index contributed by atoms with van der Waals surface area (Å²) < 4.78 is 80.2. The van der Waals surface area contributed by atoms with Gasteiger partial charge in [0.1, 0.15) is 0 Å². The van der Waals surface area contributed by atoms with Crippen molar-refractivity contribution in [3.63, 3.8) is 0 Å². The van der Waals surface area contributed by atoms with E-state index in [4.69, 9.17) is 0 Å². The Morgan fingerprint density at radius 3 is 2.39 bits per heavy atom. The lowest BCUT2D eigenvalue weighted by Crippen LogP contribution is -2.43. The van der Waals surface area contributed by atoms with Gasteiger partial charge in [0, 0.05) is 18.8 Å². The van der Waals surface area contributed by atoms with Crippen LogP contribution in [-0.4, -0.2) is 20.3 Å². The Labute approximate surface area is 203 Å². The van der Waals surface area contributed by atoms with Gasteiger partial charge in [-0.15, -0.1) is 0 Å². The van der Waals surface area contributed by atoms with Crippen molar-refractivity contribution in [2.75, 3.05) is 5.32 Å². The summed E-state index contributed by atoms with van der Waals surface area (Å²) in [7, 11) is 0. The third-order valence-electron chi connectivity index (χ3n) is 5.76. The number of rotatable bonds is 9. The largest absolute Gasteiger partial charge is 0.416 e. The van der Waals surface area contributed by atoms with Gasteiger partial charge in [0.25, 0.3) is 0 Å². The van der Waals surface area contributed by atoms with Crippen LogP contribution in [0.25, 0.3) is 0 Å². The van der Waals surface area contributed by atoms with E-state index in [1.54, 1.807) is 0 Å². The first-order valence-electron chi connectivity index (χ1n) is 11.5. The minimum absolute atomic E-state index is 0.0175. The average Bonchev–Trinajstić information content (AvgIpc) is 2.80. The predicted molar refractivity (Wildman–Crippen MR) is 123 cm³/mol. The molecule has 36 heavy (non-hydrogen) atoms. The van der Waals surface area contributed by atoms with E-state index >= 15 is 0 Å². The molecule has 0 saturated carbocycles. The number of unbranched alkanes of at least 4 members (excludes halogenated alkanes) is 3. The Kier molecular flexibility index (Phi) is 8.47. The number of benzene rings is 1. The van der Waals surface area contributed by atoms with E-state index in [0.29, 0.717) is 6.42 Å². The molecule has 2 aromatic rings. The molecule has 1 heterocycles. The highest BCUT2D eigenvalue weighted by atomic mass is 19.4. The second kappa shape index (κ2) is 11.2. The van der Waals surface area contributed by atoms with E-state index in [1.165, 1.54) is 12.1 Å². The van der Waals surface area contributed by atoms with Crippen molar-refractivity contribution in [3.05, 3.63) is 74.6 Å². The summed E-state index contributed by atoms with van der Waals surface area (Å²) >= 11 is 0. The third kappa shape index (κ3) is 6.88. The van der Waals surface area contributed by atoms with Gasteiger partial charge in [-0.1, -0.05) is 50.5 Å². The number of alkyl halides is 6. The van der Waals surface area contributed by atoms with Crippen LogP contribution in [0.2, 0.25) is 0 Å². The summed E-state index contributed by atoms with van der Waals surface area (Å²) in [5, 5.41) is 2.61. The van der Waals surface area contributed by atoms with Crippen molar-refractivity contribution < 1.29 is 26.3 Å². The van der Waals surface area contributed by atoms with Gasteiger partial charge in [-0.25, -0.2) is 14.2 Å². The molecular weight excluding hydrogens is 490 g/mol. The smallest absolute Gasteiger partial charge is 0.325 e. The van der Waals surface area contributed by atoms with Gasteiger partial charge in [0.2, 0.25) is 5.95 Å². The Hall–Kier alpha value is -3.31. The second-order valence-electron chi connectivity index (χ2n) is 8.54. The lowest BCUT2D eigenvalue weighted by atomic mass is 9.96. The van der Waals surface area contributed by atoms with Crippen LogP contribution in [0.5, 0.6) is 0 Å². The quantitative estimate of drug-likeness (QED) is 0.337.